The van der Waals surface area contributed by atoms with Gasteiger partial charge in [-0.15, -0.1) is 0 Å². The van der Waals surface area contributed by atoms with Gasteiger partial charge in [0.05, 0.1) is 12.5 Å². The number of nitrogens with zero attached hydrogens (tertiary/aromatic N) is 1. The van der Waals surface area contributed by atoms with Crippen molar-refractivity contribution in [2.24, 2.45) is 11.3 Å². The zero-order chi connectivity index (χ0) is 19.1. The molecule has 0 amide bonds. The molecule has 0 fully saturated rings. The van der Waals surface area contributed by atoms with Crippen LogP contribution in [-0.4, -0.2) is 23.3 Å². The lowest BCUT2D eigenvalue weighted by Gasteiger charge is -2.41. The summed E-state index contributed by atoms with van der Waals surface area (Å²) in [5.41, 5.74) is 3.54. The predicted molar refractivity (Wildman–Crippen MR) is 99.2 cm³/mol. The van der Waals surface area contributed by atoms with Crippen LogP contribution < -0.4 is 5.32 Å². The van der Waals surface area contributed by atoms with Gasteiger partial charge < -0.3 is 10.1 Å². The number of ketones is 1. The summed E-state index contributed by atoms with van der Waals surface area (Å²) in [6.07, 6.45) is 1.20. The smallest absolute Gasteiger partial charge is 0.315 e. The van der Waals surface area contributed by atoms with Crippen LogP contribution in [0.5, 0.6) is 0 Å². The lowest BCUT2D eigenvalue weighted by Crippen LogP contribution is -2.44. The van der Waals surface area contributed by atoms with E-state index in [0.29, 0.717) is 23.4 Å². The molecule has 2 atom stereocenters. The lowest BCUT2D eigenvalue weighted by molar-refractivity contribution is -0.147. The molecule has 2 heterocycles. The van der Waals surface area contributed by atoms with Gasteiger partial charge in [0, 0.05) is 34.8 Å². The fraction of sp³-hybridized carbons (Fsp3) is 0.476. The topological polar surface area (TPSA) is 68.3 Å². The van der Waals surface area contributed by atoms with Crippen molar-refractivity contribution >= 4 is 11.8 Å². The minimum atomic E-state index is -0.659. The highest BCUT2D eigenvalue weighted by atomic mass is 16.5. The molecule has 0 radical (unpaired) electrons. The third-order valence-electron chi connectivity index (χ3n) is 5.02. The molecule has 2 aliphatic rings. The largest absolute Gasteiger partial charge is 0.465 e. The standard InChI is InChI=1S/C21H26N2O3/c1-6-26-20(25)17-13(3)23-15-10-21(4,5)11-16(24)18(15)19(17)14-9-7-8-12(2)22-14/h7-9,17,19,23H,3,6,10-11H2,1-2,4-5H3. The zero-order valence-corrected chi connectivity index (χ0v) is 15.9. The normalized spacial score (nSPS) is 24.8. The highest BCUT2D eigenvalue weighted by Gasteiger charge is 2.47. The van der Waals surface area contributed by atoms with E-state index in [0.717, 1.165) is 17.8 Å². The van der Waals surface area contributed by atoms with Gasteiger partial charge in [0.1, 0.15) is 5.92 Å². The van der Waals surface area contributed by atoms with Crippen LogP contribution in [0.25, 0.3) is 0 Å². The Hall–Kier alpha value is -2.43. The van der Waals surface area contributed by atoms with E-state index >= 15 is 0 Å². The number of hydrogen-bond donors (Lipinski definition) is 1. The summed E-state index contributed by atoms with van der Waals surface area (Å²) in [5.74, 6) is -1.42. The zero-order valence-electron chi connectivity index (χ0n) is 15.9. The summed E-state index contributed by atoms with van der Waals surface area (Å²) >= 11 is 0. The van der Waals surface area contributed by atoms with E-state index in [-0.39, 0.29) is 23.8 Å². The van der Waals surface area contributed by atoms with Crippen LogP contribution in [0.15, 0.2) is 41.7 Å². The fourth-order valence-electron chi connectivity index (χ4n) is 4.01. The van der Waals surface area contributed by atoms with Crippen molar-refractivity contribution < 1.29 is 14.3 Å². The number of carbonyl (C=O) groups excluding carboxylic acids is 2. The van der Waals surface area contributed by atoms with Crippen molar-refractivity contribution in [3.8, 4) is 0 Å². The number of aromatic nitrogens is 1. The third-order valence-corrected chi connectivity index (χ3v) is 5.02. The molecule has 1 aromatic rings. The maximum absolute atomic E-state index is 13.0. The summed E-state index contributed by atoms with van der Waals surface area (Å²) in [5, 5.41) is 3.24. The summed E-state index contributed by atoms with van der Waals surface area (Å²) in [6, 6.07) is 5.68. The quantitative estimate of drug-likeness (QED) is 0.843. The molecule has 1 aliphatic heterocycles. The third kappa shape index (κ3) is 3.30. The van der Waals surface area contributed by atoms with Crippen LogP contribution in [0.3, 0.4) is 0 Å². The second-order valence-electron chi connectivity index (χ2n) is 7.89. The Morgan fingerprint density at radius 2 is 2.12 bits per heavy atom. The molecule has 0 saturated carbocycles. The maximum atomic E-state index is 13.0. The molecular formula is C21H26N2O3. The number of Topliss-reactive ketones (excluding diaryl/α,β-unsaturated/α-hetero) is 1. The van der Waals surface area contributed by atoms with Gasteiger partial charge >= 0.3 is 5.97 Å². The molecule has 0 spiro atoms. The lowest BCUT2D eigenvalue weighted by atomic mass is 9.67. The number of aryl methyl sites for hydroxylation is 1. The minimum absolute atomic E-state index is 0.0684. The van der Waals surface area contributed by atoms with Gasteiger partial charge in [-0.1, -0.05) is 26.5 Å². The van der Waals surface area contributed by atoms with Gasteiger partial charge in [0.2, 0.25) is 0 Å². The number of pyridine rings is 1. The Labute approximate surface area is 154 Å². The minimum Gasteiger partial charge on any atom is -0.465 e. The maximum Gasteiger partial charge on any atom is 0.315 e. The van der Waals surface area contributed by atoms with E-state index in [4.69, 9.17) is 4.74 Å². The average molecular weight is 354 g/mol. The number of esters is 1. The first-order valence-electron chi connectivity index (χ1n) is 9.06. The number of allylic oxidation sites excluding steroid dienone is 2. The molecule has 26 heavy (non-hydrogen) atoms. The second kappa shape index (κ2) is 6.71. The van der Waals surface area contributed by atoms with Crippen LogP contribution in [0.4, 0.5) is 0 Å². The molecule has 2 unspecified atom stereocenters. The van der Waals surface area contributed by atoms with Crippen molar-refractivity contribution in [3.05, 3.63) is 53.1 Å². The van der Waals surface area contributed by atoms with Crippen LogP contribution in [0.1, 0.15) is 50.9 Å². The van der Waals surface area contributed by atoms with E-state index in [1.54, 1.807) is 6.92 Å². The Balaban J connectivity index is 2.17. The van der Waals surface area contributed by atoms with E-state index in [2.05, 4.69) is 30.7 Å². The Morgan fingerprint density at radius 3 is 2.77 bits per heavy atom. The first kappa shape index (κ1) is 18.4. The highest BCUT2D eigenvalue weighted by Crippen LogP contribution is 2.47. The van der Waals surface area contributed by atoms with Crippen molar-refractivity contribution in [1.82, 2.24) is 10.3 Å². The Kier molecular flexibility index (Phi) is 4.74. The first-order chi connectivity index (χ1) is 12.2. The molecule has 0 bridgehead atoms. The second-order valence-corrected chi connectivity index (χ2v) is 7.89. The fourth-order valence-corrected chi connectivity index (χ4v) is 4.01. The first-order valence-corrected chi connectivity index (χ1v) is 9.06. The molecule has 5 nitrogen and oxygen atoms in total. The van der Waals surface area contributed by atoms with Gasteiger partial charge in [0.15, 0.2) is 5.78 Å². The van der Waals surface area contributed by atoms with Crippen LogP contribution in [0, 0.1) is 18.3 Å². The molecule has 1 aromatic heterocycles. The van der Waals surface area contributed by atoms with Gasteiger partial charge in [-0.2, -0.15) is 0 Å². The molecule has 1 aliphatic carbocycles. The molecule has 1 N–H and O–H groups in total. The van der Waals surface area contributed by atoms with Gasteiger partial charge in [-0.05, 0) is 37.8 Å². The van der Waals surface area contributed by atoms with E-state index in [1.807, 2.05) is 25.1 Å². The predicted octanol–water partition coefficient (Wildman–Crippen LogP) is 3.41. The van der Waals surface area contributed by atoms with Crippen molar-refractivity contribution in [2.45, 2.75) is 46.5 Å². The number of nitrogens with one attached hydrogen (secondary N) is 1. The van der Waals surface area contributed by atoms with Gasteiger partial charge in [-0.25, -0.2) is 0 Å². The molecule has 138 valence electrons. The Bertz CT molecular complexity index is 807. The molecule has 3 rings (SSSR count). The van der Waals surface area contributed by atoms with Crippen molar-refractivity contribution in [3.63, 3.8) is 0 Å². The summed E-state index contributed by atoms with van der Waals surface area (Å²) in [7, 11) is 0. The molecular weight excluding hydrogens is 328 g/mol. The van der Waals surface area contributed by atoms with Crippen LogP contribution in [0.2, 0.25) is 0 Å². The molecule has 5 heteroatoms. The summed E-state index contributed by atoms with van der Waals surface area (Å²) in [4.78, 5) is 30.4. The summed E-state index contributed by atoms with van der Waals surface area (Å²) in [6.45, 7) is 12.2. The number of ether oxygens (including phenoxy) is 1. The average Bonchev–Trinajstić information content (AvgIpc) is 2.52. The number of hydrogen-bond acceptors (Lipinski definition) is 5. The van der Waals surface area contributed by atoms with Gasteiger partial charge in [0.25, 0.3) is 0 Å². The van der Waals surface area contributed by atoms with E-state index in [1.165, 1.54) is 0 Å². The highest BCUT2D eigenvalue weighted by molar-refractivity contribution is 6.00. The van der Waals surface area contributed by atoms with Gasteiger partial charge in [-0.3, -0.25) is 14.6 Å². The molecule has 0 aromatic carbocycles. The molecule has 0 saturated heterocycles. The number of rotatable bonds is 3. The summed E-state index contributed by atoms with van der Waals surface area (Å²) < 4.78 is 5.29. The van der Waals surface area contributed by atoms with E-state index in [9.17, 15) is 9.59 Å². The Morgan fingerprint density at radius 1 is 1.38 bits per heavy atom. The van der Waals surface area contributed by atoms with E-state index < -0.39 is 11.8 Å². The SMILES string of the molecule is C=C1NC2=C(C(=O)CC(C)(C)C2)C(c2cccc(C)n2)C1C(=O)OCC. The van der Waals surface area contributed by atoms with Crippen LogP contribution >= 0.6 is 0 Å². The monoisotopic (exact) mass is 354 g/mol. The van der Waals surface area contributed by atoms with Crippen molar-refractivity contribution in [2.75, 3.05) is 6.61 Å². The number of carbonyl (C=O) groups is 2. The van der Waals surface area contributed by atoms with Crippen molar-refractivity contribution in [1.29, 1.82) is 0 Å². The van der Waals surface area contributed by atoms with Crippen LogP contribution in [-0.2, 0) is 14.3 Å².